The summed E-state index contributed by atoms with van der Waals surface area (Å²) in [6.07, 6.45) is -3.61. The standard InChI is InChI=1S/C21H19F3N2O3/c22-21(23,24)29-19-6-2-1-5-16(19)18-10-13-7-8-14(11-17(13)20(28)25-18)26-9-3-4-15(27)12-26/h1-2,5-8,10-11,15,27H,3-4,9,12H2,(H,25,28). The molecule has 1 aliphatic rings. The Bertz CT molecular complexity index is 1090. The summed E-state index contributed by atoms with van der Waals surface area (Å²) < 4.78 is 42.2. The molecule has 152 valence electrons. The van der Waals surface area contributed by atoms with Gasteiger partial charge in [-0.05, 0) is 48.6 Å². The third-order valence-corrected chi connectivity index (χ3v) is 4.99. The van der Waals surface area contributed by atoms with Crippen molar-refractivity contribution in [1.82, 2.24) is 4.98 Å². The molecule has 1 saturated heterocycles. The topological polar surface area (TPSA) is 65.6 Å². The number of pyridine rings is 1. The quantitative estimate of drug-likeness (QED) is 0.691. The highest BCUT2D eigenvalue weighted by Crippen LogP contribution is 2.33. The van der Waals surface area contributed by atoms with E-state index >= 15 is 0 Å². The van der Waals surface area contributed by atoms with Gasteiger partial charge < -0.3 is 19.7 Å². The lowest BCUT2D eigenvalue weighted by Gasteiger charge is -2.32. The van der Waals surface area contributed by atoms with Gasteiger partial charge in [0.2, 0.25) is 0 Å². The molecule has 0 radical (unpaired) electrons. The van der Waals surface area contributed by atoms with E-state index in [-0.39, 0.29) is 17.0 Å². The van der Waals surface area contributed by atoms with Gasteiger partial charge in [0.15, 0.2) is 0 Å². The number of ether oxygens (including phenoxy) is 1. The molecule has 2 heterocycles. The zero-order valence-electron chi connectivity index (χ0n) is 15.4. The number of alkyl halides is 3. The normalized spacial score (nSPS) is 17.5. The van der Waals surface area contributed by atoms with Crippen LogP contribution in [0.2, 0.25) is 0 Å². The van der Waals surface area contributed by atoms with Crippen molar-refractivity contribution in [3.63, 3.8) is 0 Å². The van der Waals surface area contributed by atoms with E-state index in [4.69, 9.17) is 0 Å². The monoisotopic (exact) mass is 404 g/mol. The van der Waals surface area contributed by atoms with Crippen LogP contribution in [0.15, 0.2) is 53.3 Å². The minimum Gasteiger partial charge on any atom is -0.405 e. The van der Waals surface area contributed by atoms with Crippen molar-refractivity contribution in [2.45, 2.75) is 25.3 Å². The Kier molecular flexibility index (Phi) is 4.96. The van der Waals surface area contributed by atoms with Crippen molar-refractivity contribution >= 4 is 16.5 Å². The number of aromatic nitrogens is 1. The smallest absolute Gasteiger partial charge is 0.405 e. The van der Waals surface area contributed by atoms with Crippen LogP contribution in [-0.4, -0.2) is 35.6 Å². The number of hydrogen-bond acceptors (Lipinski definition) is 4. The number of aliphatic hydroxyl groups excluding tert-OH is 1. The Morgan fingerprint density at radius 3 is 2.69 bits per heavy atom. The average molecular weight is 404 g/mol. The van der Waals surface area contributed by atoms with Crippen LogP contribution in [0.4, 0.5) is 18.9 Å². The Balaban J connectivity index is 1.74. The van der Waals surface area contributed by atoms with Crippen molar-refractivity contribution < 1.29 is 23.0 Å². The fourth-order valence-corrected chi connectivity index (χ4v) is 3.68. The molecule has 4 rings (SSSR count). The predicted molar refractivity (Wildman–Crippen MR) is 104 cm³/mol. The van der Waals surface area contributed by atoms with E-state index < -0.39 is 18.0 Å². The van der Waals surface area contributed by atoms with Crippen LogP contribution < -0.4 is 15.2 Å². The molecule has 1 aliphatic heterocycles. The number of para-hydroxylation sites is 1. The second kappa shape index (κ2) is 7.44. The molecule has 2 N–H and O–H groups in total. The number of halogens is 3. The summed E-state index contributed by atoms with van der Waals surface area (Å²) in [5.74, 6) is -0.381. The highest BCUT2D eigenvalue weighted by atomic mass is 19.4. The molecule has 1 atom stereocenters. The third-order valence-electron chi connectivity index (χ3n) is 4.99. The first kappa shape index (κ1) is 19.3. The van der Waals surface area contributed by atoms with E-state index in [1.165, 1.54) is 18.2 Å². The number of hydrogen-bond donors (Lipinski definition) is 2. The largest absolute Gasteiger partial charge is 0.573 e. The Morgan fingerprint density at radius 1 is 1.14 bits per heavy atom. The molecular formula is C21H19F3N2O3. The molecule has 3 aromatic rings. The van der Waals surface area contributed by atoms with Crippen molar-refractivity contribution in [2.75, 3.05) is 18.0 Å². The molecule has 0 saturated carbocycles. The van der Waals surface area contributed by atoms with Gasteiger partial charge in [-0.25, -0.2) is 0 Å². The maximum absolute atomic E-state index is 12.7. The summed E-state index contributed by atoms with van der Waals surface area (Å²) in [7, 11) is 0. The van der Waals surface area contributed by atoms with E-state index in [0.29, 0.717) is 17.3 Å². The highest BCUT2D eigenvalue weighted by molar-refractivity contribution is 5.88. The van der Waals surface area contributed by atoms with Crippen molar-refractivity contribution in [2.24, 2.45) is 0 Å². The number of anilines is 1. The highest BCUT2D eigenvalue weighted by Gasteiger charge is 2.32. The summed E-state index contributed by atoms with van der Waals surface area (Å²) >= 11 is 0. The van der Waals surface area contributed by atoms with Crippen LogP contribution in [-0.2, 0) is 0 Å². The Morgan fingerprint density at radius 2 is 1.93 bits per heavy atom. The number of aromatic amines is 1. The number of piperidine rings is 1. The van der Waals surface area contributed by atoms with Crippen LogP contribution in [0.1, 0.15) is 12.8 Å². The number of H-pyrrole nitrogens is 1. The molecule has 0 aliphatic carbocycles. The minimum absolute atomic E-state index is 0.145. The summed E-state index contributed by atoms with van der Waals surface area (Å²) in [4.78, 5) is 17.4. The summed E-state index contributed by atoms with van der Waals surface area (Å²) in [6, 6.07) is 12.7. The molecule has 1 unspecified atom stereocenters. The second-order valence-corrected chi connectivity index (χ2v) is 7.07. The van der Waals surface area contributed by atoms with Gasteiger partial charge in [0.05, 0.1) is 11.8 Å². The van der Waals surface area contributed by atoms with Crippen LogP contribution in [0.5, 0.6) is 5.75 Å². The molecule has 0 amide bonds. The predicted octanol–water partition coefficient (Wildman–Crippen LogP) is 4.05. The minimum atomic E-state index is -4.83. The number of benzene rings is 2. The molecule has 8 heteroatoms. The van der Waals surface area contributed by atoms with Crippen LogP contribution in [0, 0.1) is 0 Å². The maximum atomic E-state index is 12.7. The van der Waals surface area contributed by atoms with Gasteiger partial charge in [-0.3, -0.25) is 4.79 Å². The first-order valence-electron chi connectivity index (χ1n) is 9.25. The Hall–Kier alpha value is -3.00. The SMILES string of the molecule is O=c1[nH]c(-c2ccccc2OC(F)(F)F)cc2ccc(N3CCCC(O)C3)cc12. The summed E-state index contributed by atoms with van der Waals surface area (Å²) in [5, 5.41) is 10.9. The number of fused-ring (bicyclic) bond motifs is 1. The van der Waals surface area contributed by atoms with Crippen molar-refractivity contribution in [3.05, 3.63) is 58.9 Å². The van der Waals surface area contributed by atoms with E-state index in [2.05, 4.69) is 9.72 Å². The number of aliphatic hydroxyl groups is 1. The zero-order chi connectivity index (χ0) is 20.6. The van der Waals surface area contributed by atoms with E-state index in [1.54, 1.807) is 24.3 Å². The van der Waals surface area contributed by atoms with Gasteiger partial charge in [-0.2, -0.15) is 0 Å². The van der Waals surface area contributed by atoms with Crippen LogP contribution in [0.25, 0.3) is 22.0 Å². The lowest BCUT2D eigenvalue weighted by Crippen LogP contribution is -2.38. The molecule has 5 nitrogen and oxygen atoms in total. The molecule has 29 heavy (non-hydrogen) atoms. The number of nitrogens with one attached hydrogen (secondary N) is 1. The molecule has 2 aromatic carbocycles. The van der Waals surface area contributed by atoms with Gasteiger partial charge in [-0.1, -0.05) is 18.2 Å². The van der Waals surface area contributed by atoms with Crippen molar-refractivity contribution in [1.29, 1.82) is 0 Å². The molecule has 0 bridgehead atoms. The number of nitrogens with zero attached hydrogens (tertiary/aromatic N) is 1. The summed E-state index contributed by atoms with van der Waals surface area (Å²) in [5.41, 5.74) is 0.810. The zero-order valence-corrected chi connectivity index (χ0v) is 15.4. The van der Waals surface area contributed by atoms with E-state index in [0.717, 1.165) is 25.1 Å². The van der Waals surface area contributed by atoms with Gasteiger partial charge in [-0.15, -0.1) is 13.2 Å². The van der Waals surface area contributed by atoms with Gasteiger partial charge in [0, 0.05) is 29.7 Å². The first-order chi connectivity index (χ1) is 13.8. The summed E-state index contributed by atoms with van der Waals surface area (Å²) in [6.45, 7) is 1.30. The Labute approximate surface area is 164 Å². The number of rotatable bonds is 3. The van der Waals surface area contributed by atoms with Crippen LogP contribution in [0.3, 0.4) is 0 Å². The molecular weight excluding hydrogens is 385 g/mol. The van der Waals surface area contributed by atoms with Gasteiger partial charge >= 0.3 is 6.36 Å². The second-order valence-electron chi connectivity index (χ2n) is 7.07. The fraction of sp³-hybridized carbons (Fsp3) is 0.286. The fourth-order valence-electron chi connectivity index (χ4n) is 3.68. The number of β-amino-alcohol motifs (C(OH)–C–C–N with tert-alkyl or cyclic N) is 1. The molecule has 1 fully saturated rings. The van der Waals surface area contributed by atoms with Crippen molar-refractivity contribution in [3.8, 4) is 17.0 Å². The first-order valence-corrected chi connectivity index (χ1v) is 9.25. The molecule has 0 spiro atoms. The third kappa shape index (κ3) is 4.22. The lowest BCUT2D eigenvalue weighted by atomic mass is 10.0. The average Bonchev–Trinajstić information content (AvgIpc) is 2.67. The van der Waals surface area contributed by atoms with E-state index in [9.17, 15) is 23.1 Å². The van der Waals surface area contributed by atoms with Gasteiger partial charge in [0.1, 0.15) is 5.75 Å². The van der Waals surface area contributed by atoms with E-state index in [1.807, 2.05) is 11.0 Å². The molecule has 1 aromatic heterocycles. The van der Waals surface area contributed by atoms with Gasteiger partial charge in [0.25, 0.3) is 5.56 Å². The maximum Gasteiger partial charge on any atom is 0.573 e. The lowest BCUT2D eigenvalue weighted by molar-refractivity contribution is -0.274. The van der Waals surface area contributed by atoms with Crippen LogP contribution >= 0.6 is 0 Å².